The van der Waals surface area contributed by atoms with Crippen molar-refractivity contribution in [3.8, 4) is 5.75 Å². The number of benzene rings is 3. The molecule has 40 heavy (non-hydrogen) atoms. The van der Waals surface area contributed by atoms with Crippen LogP contribution in [0.3, 0.4) is 0 Å². The fourth-order valence-electron chi connectivity index (χ4n) is 5.59. The van der Waals surface area contributed by atoms with Gasteiger partial charge >= 0.3 is 0 Å². The van der Waals surface area contributed by atoms with Gasteiger partial charge in [-0.05, 0) is 67.6 Å². The van der Waals surface area contributed by atoms with Crippen molar-refractivity contribution in [1.29, 1.82) is 5.41 Å². The number of hydrogen-bond acceptors (Lipinski definition) is 6. The van der Waals surface area contributed by atoms with E-state index in [1.807, 2.05) is 37.3 Å². The smallest absolute Gasteiger partial charge is 0.263 e. The topological polar surface area (TPSA) is 137 Å². The van der Waals surface area contributed by atoms with Crippen molar-refractivity contribution in [2.24, 2.45) is 13.0 Å². The fraction of sp³-hybridized carbons (Fsp3) is 0.258. The van der Waals surface area contributed by atoms with Crippen molar-refractivity contribution >= 4 is 39.2 Å². The summed E-state index contributed by atoms with van der Waals surface area (Å²) in [6.45, 7) is 2.18. The number of carbonyl (C=O) groups is 2. The maximum atomic E-state index is 13.4. The molecule has 9 heteroatoms. The normalized spacial score (nSPS) is 14.8. The van der Waals surface area contributed by atoms with Gasteiger partial charge in [0.15, 0.2) is 11.6 Å². The lowest BCUT2D eigenvalue weighted by molar-refractivity contribution is 0.0953. The van der Waals surface area contributed by atoms with Crippen molar-refractivity contribution in [3.05, 3.63) is 88.8 Å². The van der Waals surface area contributed by atoms with Crippen LogP contribution in [0.5, 0.6) is 5.75 Å². The van der Waals surface area contributed by atoms with Gasteiger partial charge in [0.2, 0.25) is 0 Å². The van der Waals surface area contributed by atoms with Gasteiger partial charge in [-0.3, -0.25) is 9.59 Å². The number of aromatic amines is 1. The zero-order chi connectivity index (χ0) is 28.0. The molecule has 1 aliphatic rings. The summed E-state index contributed by atoms with van der Waals surface area (Å²) in [7, 11) is 1.75. The van der Waals surface area contributed by atoms with E-state index in [1.165, 1.54) is 0 Å². The van der Waals surface area contributed by atoms with E-state index in [4.69, 9.17) is 5.41 Å². The largest absolute Gasteiger partial charge is 0.508 e. The number of amides is 1. The molecule has 1 amide bonds. The second-order valence-corrected chi connectivity index (χ2v) is 10.5. The van der Waals surface area contributed by atoms with Crippen molar-refractivity contribution in [1.82, 2.24) is 24.8 Å². The molecule has 1 atom stereocenters. The number of aromatic hydroxyl groups is 1. The predicted molar refractivity (Wildman–Crippen MR) is 153 cm³/mol. The van der Waals surface area contributed by atoms with Gasteiger partial charge in [0.1, 0.15) is 5.75 Å². The Bertz CT molecular complexity index is 1820. The first-order valence-corrected chi connectivity index (χ1v) is 13.4. The Hall–Kier alpha value is -4.79. The van der Waals surface area contributed by atoms with Crippen LogP contribution in [0, 0.1) is 11.3 Å². The molecule has 6 rings (SSSR count). The van der Waals surface area contributed by atoms with Crippen LogP contribution in [-0.2, 0) is 26.3 Å². The maximum absolute atomic E-state index is 13.4. The van der Waals surface area contributed by atoms with E-state index in [9.17, 15) is 14.7 Å². The van der Waals surface area contributed by atoms with Gasteiger partial charge in [0, 0.05) is 42.0 Å². The molecule has 202 valence electrons. The average molecular weight is 535 g/mol. The zero-order valence-corrected chi connectivity index (χ0v) is 22.4. The molecule has 4 N–H and O–H groups in total. The highest BCUT2D eigenvalue weighted by Crippen LogP contribution is 2.28. The molecular formula is C31H30N6O3. The molecule has 1 aliphatic carbocycles. The Balaban J connectivity index is 1.18. The average Bonchev–Trinajstić information content (AvgIpc) is 3.54. The SMILES string of the molecule is CC(=N)C1CCc2nc(C(=O)c3nc4ccc(C(=O)NCCc5c(O)ccc6ccccc56)cc4n3C)[nH]c2C1. The summed E-state index contributed by atoms with van der Waals surface area (Å²) in [6.07, 6.45) is 2.77. The molecule has 0 saturated carbocycles. The standard InChI is InChI=1S/C31H30N6O3/c1-17(32)19-7-10-23-25(15-19)35-29(34-23)28(39)30-36-24-11-8-20(16-26(24)37(30)2)31(40)33-14-13-22-21-6-4-3-5-18(21)9-12-27(22)38/h3-6,8-9,11-12,16,19,32,38H,7,10,13-15H2,1-2H3,(H,33,40)(H,34,35). The Morgan fingerprint density at radius 1 is 1.15 bits per heavy atom. The maximum Gasteiger partial charge on any atom is 0.263 e. The molecule has 0 spiro atoms. The van der Waals surface area contributed by atoms with E-state index in [0.717, 1.165) is 40.6 Å². The molecule has 0 radical (unpaired) electrons. The van der Waals surface area contributed by atoms with Crippen LogP contribution in [0.1, 0.15) is 57.1 Å². The number of rotatable bonds is 7. The van der Waals surface area contributed by atoms with E-state index < -0.39 is 0 Å². The summed E-state index contributed by atoms with van der Waals surface area (Å²) in [5.41, 5.74) is 4.98. The van der Waals surface area contributed by atoms with Crippen LogP contribution in [0.2, 0.25) is 0 Å². The van der Waals surface area contributed by atoms with E-state index in [1.54, 1.807) is 35.9 Å². The number of nitrogens with one attached hydrogen (secondary N) is 3. The molecule has 9 nitrogen and oxygen atoms in total. The van der Waals surface area contributed by atoms with Gasteiger partial charge in [0.25, 0.3) is 11.7 Å². The van der Waals surface area contributed by atoms with Gasteiger partial charge in [-0.25, -0.2) is 9.97 Å². The summed E-state index contributed by atoms with van der Waals surface area (Å²) in [6, 6.07) is 16.6. The van der Waals surface area contributed by atoms with Gasteiger partial charge in [-0.15, -0.1) is 0 Å². The van der Waals surface area contributed by atoms with Gasteiger partial charge in [-0.1, -0.05) is 30.3 Å². The Kier molecular flexibility index (Phi) is 6.42. The number of hydrogen-bond donors (Lipinski definition) is 4. The third-order valence-corrected chi connectivity index (χ3v) is 7.89. The highest BCUT2D eigenvalue weighted by atomic mass is 16.3. The van der Waals surface area contributed by atoms with Crippen molar-refractivity contribution < 1.29 is 14.7 Å². The van der Waals surface area contributed by atoms with Crippen LogP contribution in [0.15, 0.2) is 54.6 Å². The fourth-order valence-corrected chi connectivity index (χ4v) is 5.59. The highest BCUT2D eigenvalue weighted by molar-refractivity contribution is 6.06. The number of carbonyl (C=O) groups excluding carboxylic acids is 2. The summed E-state index contributed by atoms with van der Waals surface area (Å²) < 4.78 is 1.69. The second kappa shape index (κ2) is 10.1. The van der Waals surface area contributed by atoms with Crippen molar-refractivity contribution in [2.45, 2.75) is 32.6 Å². The number of phenols is 1. The number of aryl methyl sites for hydroxylation is 2. The number of H-pyrrole nitrogens is 1. The summed E-state index contributed by atoms with van der Waals surface area (Å²) in [5.74, 6) is 0.325. The van der Waals surface area contributed by atoms with Crippen LogP contribution in [0.4, 0.5) is 0 Å². The molecule has 0 bridgehead atoms. The van der Waals surface area contributed by atoms with Gasteiger partial charge in [0.05, 0.1) is 16.7 Å². The molecule has 0 fully saturated rings. The Morgan fingerprint density at radius 2 is 1.98 bits per heavy atom. The van der Waals surface area contributed by atoms with E-state index >= 15 is 0 Å². The second-order valence-electron chi connectivity index (χ2n) is 10.5. The van der Waals surface area contributed by atoms with Crippen LogP contribution in [-0.4, -0.2) is 48.6 Å². The van der Waals surface area contributed by atoms with Crippen molar-refractivity contribution in [2.75, 3.05) is 6.54 Å². The molecule has 5 aromatic rings. The molecular weight excluding hydrogens is 504 g/mol. The van der Waals surface area contributed by atoms with E-state index in [2.05, 4.69) is 20.3 Å². The number of imidazole rings is 2. The number of ketones is 1. The summed E-state index contributed by atoms with van der Waals surface area (Å²) in [5, 5.41) is 23.3. The third-order valence-electron chi connectivity index (χ3n) is 7.89. The van der Waals surface area contributed by atoms with E-state index in [-0.39, 0.29) is 35.0 Å². The molecule has 3 aromatic carbocycles. The van der Waals surface area contributed by atoms with Gasteiger partial charge in [-0.2, -0.15) is 0 Å². The zero-order valence-electron chi connectivity index (χ0n) is 22.4. The predicted octanol–water partition coefficient (Wildman–Crippen LogP) is 4.50. The van der Waals surface area contributed by atoms with Crippen molar-refractivity contribution in [3.63, 3.8) is 0 Å². The lowest BCUT2D eigenvalue weighted by atomic mass is 9.87. The number of fused-ring (bicyclic) bond motifs is 3. The Labute approximate surface area is 230 Å². The quantitative estimate of drug-likeness (QED) is 0.180. The summed E-state index contributed by atoms with van der Waals surface area (Å²) in [4.78, 5) is 38.6. The van der Waals surface area contributed by atoms with E-state index in [0.29, 0.717) is 41.7 Å². The Morgan fingerprint density at radius 3 is 2.80 bits per heavy atom. The number of nitrogens with zero attached hydrogens (tertiary/aromatic N) is 3. The first-order chi connectivity index (χ1) is 19.3. The number of phenolic OH excluding ortho intramolecular Hbond substituents is 1. The molecule has 2 aromatic heterocycles. The minimum atomic E-state index is -0.308. The molecule has 2 heterocycles. The monoisotopic (exact) mass is 534 g/mol. The molecule has 1 unspecified atom stereocenters. The van der Waals surface area contributed by atoms with Crippen LogP contribution >= 0.6 is 0 Å². The number of aromatic nitrogens is 4. The lowest BCUT2D eigenvalue weighted by Crippen LogP contribution is -2.25. The van der Waals surface area contributed by atoms with Crippen LogP contribution < -0.4 is 5.32 Å². The van der Waals surface area contributed by atoms with Crippen LogP contribution in [0.25, 0.3) is 21.8 Å². The first-order valence-electron chi connectivity index (χ1n) is 13.4. The first kappa shape index (κ1) is 25.5. The highest BCUT2D eigenvalue weighted by Gasteiger charge is 2.27. The lowest BCUT2D eigenvalue weighted by Gasteiger charge is -2.19. The minimum Gasteiger partial charge on any atom is -0.508 e. The minimum absolute atomic E-state index is 0.175. The molecule has 0 aliphatic heterocycles. The van der Waals surface area contributed by atoms with Gasteiger partial charge < -0.3 is 25.4 Å². The third kappa shape index (κ3) is 4.53. The summed E-state index contributed by atoms with van der Waals surface area (Å²) >= 11 is 0. The molecule has 0 saturated heterocycles.